The predicted molar refractivity (Wildman–Crippen MR) is 97.3 cm³/mol. The van der Waals surface area contributed by atoms with Gasteiger partial charge in [0, 0.05) is 5.69 Å². The average molecular weight is 390 g/mol. The van der Waals surface area contributed by atoms with Gasteiger partial charge in [-0.1, -0.05) is 23.9 Å². The molecule has 0 amide bonds. The number of rotatable bonds is 5. The van der Waals surface area contributed by atoms with Gasteiger partial charge in [0.1, 0.15) is 5.82 Å². The lowest BCUT2D eigenvalue weighted by atomic mass is 10.3. The van der Waals surface area contributed by atoms with Gasteiger partial charge >= 0.3 is 6.55 Å². The van der Waals surface area contributed by atoms with Crippen LogP contribution in [0.25, 0.3) is 17.0 Å². The van der Waals surface area contributed by atoms with Crippen molar-refractivity contribution in [2.45, 2.75) is 31.3 Å². The number of nitrogen functional groups attached to an aromatic ring is 1. The first kappa shape index (κ1) is 17.5. The fourth-order valence-electron chi connectivity index (χ4n) is 2.89. The second kappa shape index (κ2) is 6.65. The van der Waals surface area contributed by atoms with E-state index in [1.807, 2.05) is 19.9 Å². The predicted octanol–water partition coefficient (Wildman–Crippen LogP) is 2.83. The van der Waals surface area contributed by atoms with E-state index >= 15 is 0 Å². The monoisotopic (exact) mass is 390 g/mol. The summed E-state index contributed by atoms with van der Waals surface area (Å²) < 4.78 is 30.8. The fourth-order valence-corrected chi connectivity index (χ4v) is 3.67. The van der Waals surface area contributed by atoms with Gasteiger partial charge in [-0.05, 0) is 32.0 Å². The number of benzene rings is 1. The molecule has 8 nitrogen and oxygen atoms in total. The van der Waals surface area contributed by atoms with E-state index in [4.69, 9.17) is 5.84 Å². The quantitative estimate of drug-likeness (QED) is 0.416. The van der Waals surface area contributed by atoms with Crippen LogP contribution in [0.15, 0.2) is 35.5 Å². The summed E-state index contributed by atoms with van der Waals surface area (Å²) in [4.78, 5) is 4.31. The van der Waals surface area contributed by atoms with Crippen LogP contribution < -0.4 is 5.84 Å². The van der Waals surface area contributed by atoms with Crippen LogP contribution in [0.1, 0.15) is 23.8 Å². The number of halogens is 2. The van der Waals surface area contributed by atoms with Gasteiger partial charge in [-0.2, -0.15) is 13.9 Å². The molecule has 140 valence electrons. The van der Waals surface area contributed by atoms with Crippen LogP contribution in [0.5, 0.6) is 0 Å². The Morgan fingerprint density at radius 3 is 2.67 bits per heavy atom. The minimum atomic E-state index is -2.69. The number of aromatic nitrogens is 7. The van der Waals surface area contributed by atoms with Crippen molar-refractivity contribution in [3.8, 4) is 5.95 Å². The zero-order valence-electron chi connectivity index (χ0n) is 14.5. The molecule has 4 aromatic rings. The lowest BCUT2D eigenvalue weighted by Gasteiger charge is -2.07. The molecule has 0 aliphatic carbocycles. The molecule has 0 aliphatic heterocycles. The number of hydrogen-bond donors (Lipinski definition) is 1. The molecule has 3 aromatic heterocycles. The van der Waals surface area contributed by atoms with Crippen molar-refractivity contribution in [2.24, 2.45) is 0 Å². The molecule has 0 spiro atoms. The van der Waals surface area contributed by atoms with E-state index in [1.54, 1.807) is 28.9 Å². The minimum absolute atomic E-state index is 0.172. The molecule has 1 aromatic carbocycles. The van der Waals surface area contributed by atoms with Crippen LogP contribution in [0.4, 0.5) is 8.78 Å². The molecule has 0 atom stereocenters. The third-order valence-corrected chi connectivity index (χ3v) is 4.98. The topological polar surface area (TPSA) is 92.4 Å². The lowest BCUT2D eigenvalue weighted by molar-refractivity contribution is 0.0722. The minimum Gasteiger partial charge on any atom is -0.334 e. The highest BCUT2D eigenvalue weighted by Gasteiger charge is 2.20. The van der Waals surface area contributed by atoms with E-state index in [0.29, 0.717) is 22.1 Å². The van der Waals surface area contributed by atoms with Crippen molar-refractivity contribution in [2.75, 3.05) is 5.84 Å². The molecule has 27 heavy (non-hydrogen) atoms. The maximum atomic E-state index is 13.5. The van der Waals surface area contributed by atoms with E-state index in [0.717, 1.165) is 16.0 Å². The van der Waals surface area contributed by atoms with Crippen LogP contribution in [-0.2, 0) is 5.75 Å². The fraction of sp³-hybridized carbons (Fsp3) is 0.250. The van der Waals surface area contributed by atoms with E-state index < -0.39 is 6.55 Å². The molecule has 0 radical (unpaired) electrons. The summed E-state index contributed by atoms with van der Waals surface area (Å²) in [6.07, 6.45) is 0. The van der Waals surface area contributed by atoms with Gasteiger partial charge < -0.3 is 5.84 Å². The molecule has 0 unspecified atom stereocenters. The second-order valence-corrected chi connectivity index (χ2v) is 6.89. The van der Waals surface area contributed by atoms with Crippen LogP contribution in [0.2, 0.25) is 0 Å². The number of hydrogen-bond acceptors (Lipinski definition) is 6. The van der Waals surface area contributed by atoms with Gasteiger partial charge in [-0.15, -0.1) is 10.2 Å². The average Bonchev–Trinajstić information content (AvgIpc) is 3.27. The Hall–Kier alpha value is -2.95. The maximum absolute atomic E-state index is 13.5. The summed E-state index contributed by atoms with van der Waals surface area (Å²) in [7, 11) is 0. The molecule has 4 rings (SSSR count). The number of nitrogens with zero attached hydrogens (tertiary/aromatic N) is 7. The summed E-state index contributed by atoms with van der Waals surface area (Å²) in [6, 6.07) is 8.69. The molecule has 0 aliphatic rings. The SMILES string of the molecule is Cc1cc(C)n(-c2nnc(SCc3nc4ccccc4n3C(F)F)n2N)n1. The summed E-state index contributed by atoms with van der Waals surface area (Å²) in [5, 5.41) is 12.8. The standard InChI is InChI=1S/C16H16F2N8S/c1-9-7-10(2)26(23-9)15-21-22-16(25(15)19)27-8-13-20-11-5-3-4-6-12(11)24(13)14(17)18/h3-7,14H,8,19H2,1-2H3. The normalized spacial score (nSPS) is 11.7. The number of thioether (sulfide) groups is 1. The Morgan fingerprint density at radius 2 is 1.96 bits per heavy atom. The molecule has 0 fully saturated rings. The van der Waals surface area contributed by atoms with Gasteiger partial charge in [-0.25, -0.2) is 14.3 Å². The van der Waals surface area contributed by atoms with Gasteiger partial charge in [0.05, 0.1) is 22.5 Å². The number of aryl methyl sites for hydroxylation is 2. The van der Waals surface area contributed by atoms with Crippen molar-refractivity contribution in [1.29, 1.82) is 0 Å². The molecule has 2 N–H and O–H groups in total. The smallest absolute Gasteiger partial charge is 0.320 e. The summed E-state index contributed by atoms with van der Waals surface area (Å²) >= 11 is 1.18. The number of fused-ring (bicyclic) bond motifs is 1. The van der Waals surface area contributed by atoms with Gasteiger partial charge in [0.15, 0.2) is 0 Å². The first-order chi connectivity index (χ1) is 13.0. The van der Waals surface area contributed by atoms with Crippen molar-refractivity contribution in [1.82, 2.24) is 34.2 Å². The molecular formula is C16H16F2N8S. The van der Waals surface area contributed by atoms with E-state index in [-0.39, 0.29) is 11.6 Å². The first-order valence-corrected chi connectivity index (χ1v) is 9.05. The van der Waals surface area contributed by atoms with E-state index in [9.17, 15) is 8.78 Å². The number of para-hydroxylation sites is 2. The molecule has 11 heteroatoms. The van der Waals surface area contributed by atoms with Crippen molar-refractivity contribution in [3.05, 3.63) is 47.5 Å². The largest absolute Gasteiger partial charge is 0.334 e. The zero-order valence-corrected chi connectivity index (χ0v) is 15.4. The highest BCUT2D eigenvalue weighted by molar-refractivity contribution is 7.98. The Balaban J connectivity index is 1.63. The summed E-state index contributed by atoms with van der Waals surface area (Å²) in [6.45, 7) is 1.06. The summed E-state index contributed by atoms with van der Waals surface area (Å²) in [5.41, 5.74) is 2.60. The Kier molecular flexibility index (Phi) is 4.30. The second-order valence-electron chi connectivity index (χ2n) is 5.94. The van der Waals surface area contributed by atoms with Gasteiger partial charge in [-0.3, -0.25) is 4.57 Å². The molecule has 0 bridgehead atoms. The van der Waals surface area contributed by atoms with Gasteiger partial charge in [0.25, 0.3) is 5.95 Å². The zero-order chi connectivity index (χ0) is 19.1. The lowest BCUT2D eigenvalue weighted by Crippen LogP contribution is -2.17. The van der Waals surface area contributed by atoms with Crippen LogP contribution in [0, 0.1) is 13.8 Å². The molecular weight excluding hydrogens is 374 g/mol. The number of imidazole rings is 1. The highest BCUT2D eigenvalue weighted by Crippen LogP contribution is 2.28. The number of nitrogens with two attached hydrogens (primary N) is 1. The third-order valence-electron chi connectivity index (χ3n) is 4.04. The van der Waals surface area contributed by atoms with E-state index in [1.165, 1.54) is 16.4 Å². The third kappa shape index (κ3) is 3.03. The maximum Gasteiger partial charge on any atom is 0.320 e. The van der Waals surface area contributed by atoms with Crippen LogP contribution in [-0.4, -0.2) is 34.2 Å². The van der Waals surface area contributed by atoms with Crippen molar-refractivity contribution >= 4 is 22.8 Å². The first-order valence-electron chi connectivity index (χ1n) is 8.06. The Morgan fingerprint density at radius 1 is 1.19 bits per heavy atom. The van der Waals surface area contributed by atoms with E-state index in [2.05, 4.69) is 20.3 Å². The highest BCUT2D eigenvalue weighted by atomic mass is 32.2. The molecule has 3 heterocycles. The van der Waals surface area contributed by atoms with Crippen molar-refractivity contribution < 1.29 is 8.78 Å². The summed E-state index contributed by atoms with van der Waals surface area (Å²) in [5.74, 6) is 6.85. The van der Waals surface area contributed by atoms with Crippen LogP contribution in [0.3, 0.4) is 0 Å². The van der Waals surface area contributed by atoms with Crippen LogP contribution >= 0.6 is 11.8 Å². The molecule has 0 saturated carbocycles. The Bertz CT molecular complexity index is 1110. The van der Waals surface area contributed by atoms with Crippen molar-refractivity contribution in [3.63, 3.8) is 0 Å². The number of alkyl halides is 2. The Labute approximate surface area is 157 Å². The van der Waals surface area contributed by atoms with Gasteiger partial charge in [0.2, 0.25) is 5.16 Å². The molecule has 0 saturated heterocycles.